The van der Waals surface area contributed by atoms with Crippen LogP contribution in [0.1, 0.15) is 5.56 Å². The maximum Gasteiger partial charge on any atom is 0.260 e. The van der Waals surface area contributed by atoms with E-state index in [1.165, 1.54) is 6.21 Å². The first-order valence-electron chi connectivity index (χ1n) is 8.23. The summed E-state index contributed by atoms with van der Waals surface area (Å²) in [6.45, 7) is -0.0416. The number of benzene rings is 2. The van der Waals surface area contributed by atoms with E-state index in [1.807, 2.05) is 24.3 Å². The van der Waals surface area contributed by atoms with E-state index in [1.54, 1.807) is 28.8 Å². The van der Waals surface area contributed by atoms with Gasteiger partial charge in [-0.3, -0.25) is 4.79 Å². The van der Waals surface area contributed by atoms with Gasteiger partial charge in [-0.25, -0.2) is 15.0 Å². The van der Waals surface area contributed by atoms with Crippen molar-refractivity contribution in [1.29, 1.82) is 0 Å². The van der Waals surface area contributed by atoms with E-state index in [2.05, 4.69) is 30.5 Å². The van der Waals surface area contributed by atoms with Crippen molar-refractivity contribution >= 4 is 40.6 Å². The number of aromatic nitrogens is 4. The van der Waals surface area contributed by atoms with Gasteiger partial charge < -0.3 is 10.3 Å². The molecule has 0 aliphatic rings. The molecule has 0 saturated heterocycles. The number of nitrogen functional groups attached to an aromatic ring is 1. The Bertz CT molecular complexity index is 1160. The maximum absolute atomic E-state index is 12.4. The van der Waals surface area contributed by atoms with Crippen molar-refractivity contribution in [3.63, 3.8) is 0 Å². The molecule has 10 heteroatoms. The quantitative estimate of drug-likeness (QED) is 0.395. The highest BCUT2D eigenvalue weighted by Crippen LogP contribution is 2.26. The van der Waals surface area contributed by atoms with Crippen LogP contribution in [0.15, 0.2) is 58.3 Å². The van der Waals surface area contributed by atoms with Crippen molar-refractivity contribution in [2.24, 2.45) is 5.10 Å². The van der Waals surface area contributed by atoms with E-state index < -0.39 is 0 Å². The first-order valence-corrected chi connectivity index (χ1v) is 8.61. The number of anilines is 1. The minimum atomic E-state index is -0.343. The number of nitrogens with one attached hydrogen (secondary N) is 1. The highest BCUT2D eigenvalue weighted by atomic mass is 35.5. The largest absolute Gasteiger partial charge is 0.379 e. The number of rotatable bonds is 5. The summed E-state index contributed by atoms with van der Waals surface area (Å²) in [7, 11) is 0. The molecule has 140 valence electrons. The van der Waals surface area contributed by atoms with Crippen LogP contribution in [-0.4, -0.2) is 32.0 Å². The zero-order valence-electron chi connectivity index (χ0n) is 14.4. The Morgan fingerprint density at radius 1 is 1.21 bits per heavy atom. The van der Waals surface area contributed by atoms with E-state index in [0.717, 1.165) is 11.1 Å². The summed E-state index contributed by atoms with van der Waals surface area (Å²) in [6, 6.07) is 14.4. The van der Waals surface area contributed by atoms with Gasteiger partial charge in [0.15, 0.2) is 17.3 Å². The van der Waals surface area contributed by atoms with Crippen molar-refractivity contribution < 1.29 is 9.42 Å². The van der Waals surface area contributed by atoms with Crippen LogP contribution in [0.5, 0.6) is 0 Å². The smallest absolute Gasteiger partial charge is 0.260 e. The van der Waals surface area contributed by atoms with Crippen LogP contribution in [0.25, 0.3) is 22.6 Å². The molecule has 1 amide bonds. The van der Waals surface area contributed by atoms with Crippen molar-refractivity contribution in [2.75, 3.05) is 5.73 Å². The van der Waals surface area contributed by atoms with Gasteiger partial charge in [-0.2, -0.15) is 5.10 Å². The normalized spacial score (nSPS) is 11.3. The molecule has 4 rings (SSSR count). The van der Waals surface area contributed by atoms with E-state index in [4.69, 9.17) is 17.3 Å². The summed E-state index contributed by atoms with van der Waals surface area (Å²) >= 11 is 5.84. The second kappa shape index (κ2) is 7.49. The van der Waals surface area contributed by atoms with E-state index in [-0.39, 0.29) is 24.0 Å². The Labute approximate surface area is 163 Å². The van der Waals surface area contributed by atoms with Crippen LogP contribution in [0, 0.1) is 0 Å². The number of carbonyl (C=O) groups is 1. The van der Waals surface area contributed by atoms with Gasteiger partial charge in [-0.1, -0.05) is 35.9 Å². The molecule has 0 aliphatic heterocycles. The molecule has 2 aromatic heterocycles. The Hall–Kier alpha value is -3.72. The zero-order valence-corrected chi connectivity index (χ0v) is 15.2. The van der Waals surface area contributed by atoms with Crippen molar-refractivity contribution in [1.82, 2.24) is 25.3 Å². The van der Waals surface area contributed by atoms with E-state index >= 15 is 0 Å². The molecule has 0 radical (unpaired) electrons. The number of carbonyl (C=O) groups excluding carboxylic acids is 1. The predicted molar refractivity (Wildman–Crippen MR) is 105 cm³/mol. The molecule has 0 saturated carbocycles. The number of fused-ring (bicyclic) bond motifs is 1. The van der Waals surface area contributed by atoms with E-state index in [9.17, 15) is 4.79 Å². The molecule has 0 bridgehead atoms. The lowest BCUT2D eigenvalue weighted by Gasteiger charge is -2.06. The molecule has 0 fully saturated rings. The highest BCUT2D eigenvalue weighted by Gasteiger charge is 2.20. The summed E-state index contributed by atoms with van der Waals surface area (Å²) < 4.78 is 6.35. The first kappa shape index (κ1) is 17.7. The van der Waals surface area contributed by atoms with Gasteiger partial charge in [0, 0.05) is 5.02 Å². The van der Waals surface area contributed by atoms with Crippen LogP contribution in [-0.2, 0) is 11.3 Å². The number of hydrazone groups is 1. The number of amides is 1. The lowest BCUT2D eigenvalue weighted by Crippen LogP contribution is -2.23. The summed E-state index contributed by atoms with van der Waals surface area (Å²) in [4.78, 5) is 16.9. The van der Waals surface area contributed by atoms with Gasteiger partial charge in [-0.15, -0.1) is 0 Å². The van der Waals surface area contributed by atoms with Crippen LogP contribution in [0.3, 0.4) is 0 Å². The third-order valence-corrected chi connectivity index (χ3v) is 4.21. The third-order valence-electron chi connectivity index (χ3n) is 3.95. The van der Waals surface area contributed by atoms with Crippen LogP contribution in [0.2, 0.25) is 5.02 Å². The molecule has 0 atom stereocenters. The monoisotopic (exact) mass is 395 g/mol. The van der Waals surface area contributed by atoms with Gasteiger partial charge in [0.25, 0.3) is 5.91 Å². The first-order chi connectivity index (χ1) is 13.6. The van der Waals surface area contributed by atoms with Gasteiger partial charge in [-0.05, 0) is 40.1 Å². The predicted octanol–water partition coefficient (Wildman–Crippen LogP) is 2.47. The minimum absolute atomic E-state index is 0.0416. The van der Waals surface area contributed by atoms with Crippen molar-refractivity contribution in [2.45, 2.75) is 6.54 Å². The van der Waals surface area contributed by atoms with Gasteiger partial charge in [0.2, 0.25) is 0 Å². The second-order valence-electron chi connectivity index (χ2n) is 5.85. The number of halogens is 1. The Balaban J connectivity index is 1.57. The van der Waals surface area contributed by atoms with Crippen molar-refractivity contribution in [3.05, 3.63) is 59.1 Å². The fourth-order valence-corrected chi connectivity index (χ4v) is 2.80. The molecule has 4 aromatic rings. The fourth-order valence-electron chi connectivity index (χ4n) is 2.67. The number of nitrogens with zero attached hydrogens (tertiary/aromatic N) is 5. The summed E-state index contributed by atoms with van der Waals surface area (Å²) in [6.07, 6.45) is 1.53. The lowest BCUT2D eigenvalue weighted by atomic mass is 10.2. The maximum atomic E-state index is 12.4. The average molecular weight is 396 g/mol. The number of hydrogen-bond donors (Lipinski definition) is 2. The highest BCUT2D eigenvalue weighted by molar-refractivity contribution is 6.30. The number of nitrogens with two attached hydrogens (primary N) is 1. The van der Waals surface area contributed by atoms with Crippen LogP contribution < -0.4 is 11.2 Å². The molecule has 28 heavy (non-hydrogen) atoms. The molecule has 0 aliphatic carbocycles. The minimum Gasteiger partial charge on any atom is -0.379 e. The number of para-hydroxylation sites is 2. The average Bonchev–Trinajstić information content (AvgIpc) is 3.27. The van der Waals surface area contributed by atoms with Gasteiger partial charge in [0.05, 0.1) is 17.2 Å². The third kappa shape index (κ3) is 3.55. The van der Waals surface area contributed by atoms with Crippen molar-refractivity contribution in [3.8, 4) is 11.5 Å². The molecule has 0 spiro atoms. The molecule has 3 N–H and O–H groups in total. The topological polar surface area (TPSA) is 124 Å². The molecule has 0 unspecified atom stereocenters. The number of hydrogen-bond acceptors (Lipinski definition) is 7. The fraction of sp³-hybridized carbons (Fsp3) is 0.0556. The van der Waals surface area contributed by atoms with Gasteiger partial charge >= 0.3 is 0 Å². The summed E-state index contributed by atoms with van der Waals surface area (Å²) in [5, 5.41) is 12.0. The Morgan fingerprint density at radius 3 is 2.75 bits per heavy atom. The molecule has 2 heterocycles. The molecule has 2 aromatic carbocycles. The van der Waals surface area contributed by atoms with Crippen LogP contribution in [0.4, 0.5) is 5.82 Å². The summed E-state index contributed by atoms with van der Waals surface area (Å²) in [5.74, 6) is 0.138. The molecular weight excluding hydrogens is 382 g/mol. The SMILES string of the molecule is Nc1nonc1-c1nc2ccccc2n1CC(=O)NN=Cc1ccc(Cl)cc1. The number of imidazole rings is 1. The van der Waals surface area contributed by atoms with Crippen LogP contribution >= 0.6 is 11.6 Å². The molecular formula is C18H14ClN7O2. The lowest BCUT2D eigenvalue weighted by molar-refractivity contribution is -0.121. The van der Waals surface area contributed by atoms with E-state index in [0.29, 0.717) is 16.4 Å². The summed E-state index contributed by atoms with van der Waals surface area (Å²) in [5.41, 5.74) is 10.8. The second-order valence-corrected chi connectivity index (χ2v) is 6.29. The standard InChI is InChI=1S/C18H14ClN7O2/c19-12-7-5-11(6-8-12)9-21-23-15(27)10-26-14-4-2-1-3-13(14)22-18(26)16-17(20)25-28-24-16/h1-9H,10H2,(H2,20,25)(H,23,27). The Kier molecular flexibility index (Phi) is 4.73. The molecule has 9 nitrogen and oxygen atoms in total. The zero-order chi connectivity index (χ0) is 19.5. The Morgan fingerprint density at radius 2 is 2.00 bits per heavy atom. The van der Waals surface area contributed by atoms with Gasteiger partial charge in [0.1, 0.15) is 6.54 Å².